The highest BCUT2D eigenvalue weighted by Gasteiger charge is 2.13. The Labute approximate surface area is 168 Å². The first-order valence-corrected chi connectivity index (χ1v) is 9.12. The summed E-state index contributed by atoms with van der Waals surface area (Å²) < 4.78 is 10.7. The predicted molar refractivity (Wildman–Crippen MR) is 111 cm³/mol. The number of hydrogen-bond acceptors (Lipinski definition) is 7. The van der Waals surface area contributed by atoms with Crippen LogP contribution in [0, 0.1) is 0 Å². The molecule has 1 aromatic heterocycles. The van der Waals surface area contributed by atoms with Gasteiger partial charge in [0.2, 0.25) is 6.79 Å². The smallest absolute Gasteiger partial charge is 0.274 e. The SMILES string of the molecule is CN(C)c1ccc(NC(=O)c2cc(NCc3ccc4c(c3)OCO4)ncn2)cc1. The zero-order chi connectivity index (χ0) is 20.2. The number of carbonyl (C=O) groups excluding carboxylic acids is 1. The van der Waals surface area contributed by atoms with Crippen molar-refractivity contribution in [3.05, 3.63) is 66.1 Å². The van der Waals surface area contributed by atoms with E-state index in [0.717, 1.165) is 22.7 Å². The van der Waals surface area contributed by atoms with Gasteiger partial charge >= 0.3 is 0 Å². The van der Waals surface area contributed by atoms with E-state index in [2.05, 4.69) is 20.6 Å². The molecular weight excluding hydrogens is 370 g/mol. The molecule has 2 N–H and O–H groups in total. The van der Waals surface area contributed by atoms with Crippen LogP contribution in [0.4, 0.5) is 17.2 Å². The third-order valence-electron chi connectivity index (χ3n) is 4.45. The minimum Gasteiger partial charge on any atom is -0.454 e. The number of nitrogens with one attached hydrogen (secondary N) is 2. The van der Waals surface area contributed by atoms with Crippen LogP contribution in [0.5, 0.6) is 11.5 Å². The zero-order valence-electron chi connectivity index (χ0n) is 16.2. The van der Waals surface area contributed by atoms with Crippen molar-refractivity contribution in [1.29, 1.82) is 0 Å². The Balaban J connectivity index is 1.39. The molecule has 1 aliphatic heterocycles. The molecular formula is C21H21N5O3. The van der Waals surface area contributed by atoms with Gasteiger partial charge in [0.15, 0.2) is 11.5 Å². The molecule has 4 rings (SSSR count). The minimum absolute atomic E-state index is 0.245. The van der Waals surface area contributed by atoms with Crippen molar-refractivity contribution in [2.24, 2.45) is 0 Å². The second kappa shape index (κ2) is 8.05. The van der Waals surface area contributed by atoms with Crippen molar-refractivity contribution < 1.29 is 14.3 Å². The van der Waals surface area contributed by atoms with Crippen LogP contribution in [0.25, 0.3) is 0 Å². The van der Waals surface area contributed by atoms with E-state index in [9.17, 15) is 4.79 Å². The van der Waals surface area contributed by atoms with Gasteiger partial charge in [-0.3, -0.25) is 4.79 Å². The number of amides is 1. The van der Waals surface area contributed by atoms with Crippen molar-refractivity contribution in [2.75, 3.05) is 36.4 Å². The summed E-state index contributed by atoms with van der Waals surface area (Å²) in [6.45, 7) is 0.773. The highest BCUT2D eigenvalue weighted by molar-refractivity contribution is 6.03. The molecule has 0 atom stereocenters. The summed E-state index contributed by atoms with van der Waals surface area (Å²) in [5.41, 5.74) is 3.05. The Hall–Kier alpha value is -3.81. The van der Waals surface area contributed by atoms with Gasteiger partial charge in [0.25, 0.3) is 5.91 Å². The van der Waals surface area contributed by atoms with Crippen molar-refractivity contribution >= 4 is 23.1 Å². The first-order valence-electron chi connectivity index (χ1n) is 9.12. The lowest BCUT2D eigenvalue weighted by Gasteiger charge is -2.13. The third kappa shape index (κ3) is 4.37. The lowest BCUT2D eigenvalue weighted by Crippen LogP contribution is -2.15. The minimum atomic E-state index is -0.295. The van der Waals surface area contributed by atoms with Crippen LogP contribution < -0.4 is 25.0 Å². The molecule has 1 aliphatic rings. The van der Waals surface area contributed by atoms with Crippen molar-refractivity contribution in [1.82, 2.24) is 9.97 Å². The predicted octanol–water partition coefficient (Wildman–Crippen LogP) is 3.14. The fourth-order valence-electron chi connectivity index (χ4n) is 2.86. The molecule has 0 spiro atoms. The number of benzene rings is 2. The first-order chi connectivity index (χ1) is 14.1. The van der Waals surface area contributed by atoms with Crippen molar-refractivity contribution in [3.63, 3.8) is 0 Å². The van der Waals surface area contributed by atoms with E-state index in [1.54, 1.807) is 6.07 Å². The van der Waals surface area contributed by atoms with Crippen LogP contribution >= 0.6 is 0 Å². The van der Waals surface area contributed by atoms with Crippen LogP contribution in [0.15, 0.2) is 54.9 Å². The molecule has 148 valence electrons. The molecule has 29 heavy (non-hydrogen) atoms. The van der Waals surface area contributed by atoms with Crippen LogP contribution in [-0.2, 0) is 6.54 Å². The number of nitrogens with zero attached hydrogens (tertiary/aromatic N) is 3. The summed E-state index contributed by atoms with van der Waals surface area (Å²) in [5.74, 6) is 1.74. The number of ether oxygens (including phenoxy) is 2. The Morgan fingerprint density at radius 3 is 2.62 bits per heavy atom. The molecule has 0 fully saturated rings. The molecule has 1 amide bonds. The molecule has 3 aromatic rings. The van der Waals surface area contributed by atoms with E-state index in [1.807, 2.05) is 61.5 Å². The normalized spacial score (nSPS) is 11.8. The Kier molecular flexibility index (Phi) is 5.15. The van der Waals surface area contributed by atoms with Gasteiger partial charge in [-0.15, -0.1) is 0 Å². The van der Waals surface area contributed by atoms with Gasteiger partial charge in [-0.1, -0.05) is 6.07 Å². The third-order valence-corrected chi connectivity index (χ3v) is 4.45. The summed E-state index contributed by atoms with van der Waals surface area (Å²) in [5, 5.41) is 6.05. The maximum absolute atomic E-state index is 12.5. The summed E-state index contributed by atoms with van der Waals surface area (Å²) in [7, 11) is 3.93. The average molecular weight is 391 g/mol. The number of aromatic nitrogens is 2. The van der Waals surface area contributed by atoms with Crippen LogP contribution in [0.2, 0.25) is 0 Å². The first kappa shape index (κ1) is 18.5. The molecule has 0 bridgehead atoms. The van der Waals surface area contributed by atoms with Crippen LogP contribution in [0.3, 0.4) is 0 Å². The number of rotatable bonds is 6. The van der Waals surface area contributed by atoms with E-state index < -0.39 is 0 Å². The fourth-order valence-corrected chi connectivity index (χ4v) is 2.86. The van der Waals surface area contributed by atoms with Gasteiger partial charge in [-0.05, 0) is 42.0 Å². The van der Waals surface area contributed by atoms with Gasteiger partial charge in [0.05, 0.1) is 0 Å². The lowest BCUT2D eigenvalue weighted by atomic mass is 10.2. The van der Waals surface area contributed by atoms with Crippen LogP contribution in [0.1, 0.15) is 16.1 Å². The largest absolute Gasteiger partial charge is 0.454 e. The second-order valence-electron chi connectivity index (χ2n) is 6.73. The van der Waals surface area contributed by atoms with Gasteiger partial charge in [-0.25, -0.2) is 9.97 Å². The van der Waals surface area contributed by atoms with E-state index >= 15 is 0 Å². The zero-order valence-corrected chi connectivity index (χ0v) is 16.2. The molecule has 8 nitrogen and oxygen atoms in total. The highest BCUT2D eigenvalue weighted by atomic mass is 16.7. The van der Waals surface area contributed by atoms with Gasteiger partial charge in [0.1, 0.15) is 17.8 Å². The summed E-state index contributed by atoms with van der Waals surface area (Å²) >= 11 is 0. The molecule has 0 aliphatic carbocycles. The van der Waals surface area contributed by atoms with Gasteiger partial charge < -0.3 is 25.0 Å². The Bertz CT molecular complexity index is 1020. The number of anilines is 3. The quantitative estimate of drug-likeness (QED) is 0.667. The van der Waals surface area contributed by atoms with Crippen molar-refractivity contribution in [2.45, 2.75) is 6.54 Å². The maximum atomic E-state index is 12.5. The standard InChI is InChI=1S/C21H21N5O3/c1-26(2)16-6-4-15(5-7-16)25-21(27)17-10-20(24-12-23-17)22-11-14-3-8-18-19(9-14)29-13-28-18/h3-10,12H,11,13H2,1-2H3,(H,25,27)(H,22,23,24). The lowest BCUT2D eigenvalue weighted by molar-refractivity contribution is 0.102. The number of hydrogen-bond donors (Lipinski definition) is 2. The molecule has 0 unspecified atom stereocenters. The van der Waals surface area contributed by atoms with Crippen molar-refractivity contribution in [3.8, 4) is 11.5 Å². The summed E-state index contributed by atoms with van der Waals surface area (Å²) in [6.07, 6.45) is 1.37. The fraction of sp³-hybridized carbons (Fsp3) is 0.190. The van der Waals surface area contributed by atoms with E-state index in [-0.39, 0.29) is 18.4 Å². The highest BCUT2D eigenvalue weighted by Crippen LogP contribution is 2.32. The summed E-state index contributed by atoms with van der Waals surface area (Å²) in [4.78, 5) is 22.8. The molecule has 8 heteroatoms. The Morgan fingerprint density at radius 2 is 1.83 bits per heavy atom. The monoisotopic (exact) mass is 391 g/mol. The van der Waals surface area contributed by atoms with Gasteiger partial charge in [-0.2, -0.15) is 0 Å². The molecule has 2 heterocycles. The number of fused-ring (bicyclic) bond motifs is 1. The summed E-state index contributed by atoms with van der Waals surface area (Å²) in [6, 6.07) is 15.0. The molecule has 0 radical (unpaired) electrons. The molecule has 2 aromatic carbocycles. The molecule has 0 saturated carbocycles. The molecule has 0 saturated heterocycles. The van der Waals surface area contributed by atoms with Gasteiger partial charge in [0, 0.05) is 38.1 Å². The maximum Gasteiger partial charge on any atom is 0.274 e. The second-order valence-corrected chi connectivity index (χ2v) is 6.73. The average Bonchev–Trinajstić information content (AvgIpc) is 3.21. The topological polar surface area (TPSA) is 88.6 Å². The Morgan fingerprint density at radius 1 is 1.03 bits per heavy atom. The van der Waals surface area contributed by atoms with E-state index in [4.69, 9.17) is 9.47 Å². The van der Waals surface area contributed by atoms with E-state index in [1.165, 1.54) is 6.33 Å². The number of carbonyl (C=O) groups is 1. The van der Waals surface area contributed by atoms with E-state index in [0.29, 0.717) is 18.1 Å². The van der Waals surface area contributed by atoms with Crippen LogP contribution in [-0.4, -0.2) is 36.8 Å².